The first-order chi connectivity index (χ1) is 12.2. The fraction of sp³-hybridized carbons (Fsp3) is 0.500. The largest absolute Gasteiger partial charge is 0.366 e. The van der Waals surface area contributed by atoms with Crippen LogP contribution in [0.2, 0.25) is 0 Å². The van der Waals surface area contributed by atoms with Crippen molar-refractivity contribution < 1.29 is 0 Å². The number of nitrogens with one attached hydrogen (secondary N) is 1. The lowest BCUT2D eigenvalue weighted by Gasteiger charge is -2.29. The van der Waals surface area contributed by atoms with Gasteiger partial charge >= 0.3 is 0 Å². The first kappa shape index (κ1) is 15.8. The molecule has 2 aromatic heterocycles. The molecule has 0 aliphatic heterocycles. The molecule has 0 aromatic carbocycles. The second-order valence-corrected chi connectivity index (χ2v) is 6.86. The van der Waals surface area contributed by atoms with Crippen LogP contribution in [0.3, 0.4) is 0 Å². The molecule has 25 heavy (non-hydrogen) atoms. The highest BCUT2D eigenvalue weighted by atomic mass is 16.1. The maximum Gasteiger partial charge on any atom is 0.267 e. The predicted octanol–water partition coefficient (Wildman–Crippen LogP) is 2.38. The van der Waals surface area contributed by atoms with Crippen LogP contribution in [0.25, 0.3) is 0 Å². The molecule has 0 unspecified atom stereocenters. The summed E-state index contributed by atoms with van der Waals surface area (Å²) >= 11 is 0. The molecule has 0 spiro atoms. The van der Waals surface area contributed by atoms with Gasteiger partial charge in [0, 0.05) is 18.0 Å². The molecule has 2 aromatic rings. The van der Waals surface area contributed by atoms with Gasteiger partial charge in [-0.3, -0.25) is 4.79 Å². The highest BCUT2D eigenvalue weighted by Crippen LogP contribution is 2.38. The van der Waals surface area contributed by atoms with Crippen molar-refractivity contribution in [3.8, 4) is 6.07 Å². The van der Waals surface area contributed by atoms with Crippen LogP contribution in [-0.4, -0.2) is 25.8 Å². The van der Waals surface area contributed by atoms with Crippen molar-refractivity contribution in [3.05, 3.63) is 46.3 Å². The van der Waals surface area contributed by atoms with E-state index in [9.17, 15) is 4.79 Å². The molecule has 0 bridgehead atoms. The van der Waals surface area contributed by atoms with Crippen LogP contribution < -0.4 is 10.9 Å². The minimum Gasteiger partial charge on any atom is -0.366 e. The van der Waals surface area contributed by atoms with Gasteiger partial charge in [-0.25, -0.2) is 14.6 Å². The van der Waals surface area contributed by atoms with Gasteiger partial charge in [0.25, 0.3) is 5.56 Å². The summed E-state index contributed by atoms with van der Waals surface area (Å²) in [5, 5.41) is 16.7. The van der Waals surface area contributed by atoms with E-state index in [2.05, 4.69) is 20.4 Å². The Morgan fingerprint density at radius 2 is 1.88 bits per heavy atom. The van der Waals surface area contributed by atoms with Crippen LogP contribution in [-0.2, 0) is 0 Å². The molecule has 128 valence electrons. The normalized spacial score (nSPS) is 23.0. The van der Waals surface area contributed by atoms with Crippen LogP contribution >= 0.6 is 0 Å². The maximum absolute atomic E-state index is 12.2. The second kappa shape index (κ2) is 6.63. The number of rotatable bonds is 4. The highest BCUT2D eigenvalue weighted by molar-refractivity contribution is 5.34. The standard InChI is InChI=1S/C18H20N6O/c19-9-14-10-21-17(11-20-14)22-13-3-5-15(6-4-13)24-18(25)8-7-16(23-24)12-1-2-12/h7-8,10-13,15H,1-6H2,(H,21,22). The summed E-state index contributed by atoms with van der Waals surface area (Å²) in [4.78, 5) is 20.4. The smallest absolute Gasteiger partial charge is 0.267 e. The van der Waals surface area contributed by atoms with Crippen molar-refractivity contribution in [2.45, 2.75) is 56.5 Å². The van der Waals surface area contributed by atoms with Gasteiger partial charge in [-0.1, -0.05) is 0 Å². The van der Waals surface area contributed by atoms with Crippen molar-refractivity contribution in [1.82, 2.24) is 19.7 Å². The Kier molecular flexibility index (Phi) is 4.18. The molecule has 2 fully saturated rings. The van der Waals surface area contributed by atoms with Gasteiger partial charge in [-0.2, -0.15) is 10.4 Å². The van der Waals surface area contributed by atoms with Crippen molar-refractivity contribution in [1.29, 1.82) is 5.26 Å². The summed E-state index contributed by atoms with van der Waals surface area (Å²) in [6.07, 6.45) is 9.19. The first-order valence-electron chi connectivity index (χ1n) is 8.81. The molecule has 0 saturated heterocycles. The zero-order valence-electron chi connectivity index (χ0n) is 13.9. The number of aromatic nitrogens is 4. The Morgan fingerprint density at radius 1 is 1.08 bits per heavy atom. The van der Waals surface area contributed by atoms with Crippen LogP contribution in [0.15, 0.2) is 29.3 Å². The van der Waals surface area contributed by atoms with Crippen LogP contribution in [0.1, 0.15) is 61.9 Å². The van der Waals surface area contributed by atoms with Crippen LogP contribution in [0, 0.1) is 11.3 Å². The van der Waals surface area contributed by atoms with E-state index in [0.717, 1.165) is 31.4 Å². The minimum absolute atomic E-state index is 0.00114. The average molecular weight is 336 g/mol. The zero-order chi connectivity index (χ0) is 17.2. The molecule has 0 radical (unpaired) electrons. The lowest BCUT2D eigenvalue weighted by atomic mass is 9.91. The SMILES string of the molecule is N#Cc1cnc(NC2CCC(n3nc(C4CC4)ccc3=O)CC2)cn1. The lowest BCUT2D eigenvalue weighted by Crippen LogP contribution is -2.33. The van der Waals surface area contributed by atoms with Gasteiger partial charge in [-0.05, 0) is 44.6 Å². The number of hydrogen-bond acceptors (Lipinski definition) is 6. The molecule has 2 aliphatic carbocycles. The second-order valence-electron chi connectivity index (χ2n) is 6.86. The molecule has 1 N–H and O–H groups in total. The monoisotopic (exact) mass is 336 g/mol. The van der Waals surface area contributed by atoms with E-state index >= 15 is 0 Å². The molecular weight excluding hydrogens is 316 g/mol. The van der Waals surface area contributed by atoms with Gasteiger partial charge < -0.3 is 5.32 Å². The number of nitriles is 1. The predicted molar refractivity (Wildman–Crippen MR) is 92.1 cm³/mol. The van der Waals surface area contributed by atoms with Gasteiger partial charge in [-0.15, -0.1) is 0 Å². The Bertz CT molecular complexity index is 841. The van der Waals surface area contributed by atoms with Crippen LogP contribution in [0.5, 0.6) is 0 Å². The lowest BCUT2D eigenvalue weighted by molar-refractivity contribution is 0.301. The van der Waals surface area contributed by atoms with E-state index in [1.807, 2.05) is 12.1 Å². The summed E-state index contributed by atoms with van der Waals surface area (Å²) in [7, 11) is 0. The minimum atomic E-state index is -0.00114. The number of hydrogen-bond donors (Lipinski definition) is 1. The molecule has 2 heterocycles. The van der Waals surface area contributed by atoms with Crippen LogP contribution in [0.4, 0.5) is 5.82 Å². The first-order valence-corrected chi connectivity index (χ1v) is 8.81. The van der Waals surface area contributed by atoms with Gasteiger partial charge in [0.05, 0.1) is 24.1 Å². The summed E-state index contributed by atoms with van der Waals surface area (Å²) in [6, 6.07) is 5.99. The summed E-state index contributed by atoms with van der Waals surface area (Å²) in [6.45, 7) is 0. The molecule has 7 nitrogen and oxygen atoms in total. The van der Waals surface area contributed by atoms with Crippen molar-refractivity contribution in [2.24, 2.45) is 0 Å². The molecule has 2 saturated carbocycles. The van der Waals surface area contributed by atoms with Gasteiger partial charge in [0.1, 0.15) is 11.9 Å². The Labute approximate surface area is 145 Å². The van der Waals surface area contributed by atoms with E-state index < -0.39 is 0 Å². The van der Waals surface area contributed by atoms with Gasteiger partial charge in [0.2, 0.25) is 0 Å². The molecule has 7 heteroatoms. The maximum atomic E-state index is 12.2. The van der Waals surface area contributed by atoms with Crippen molar-refractivity contribution in [2.75, 3.05) is 5.32 Å². The average Bonchev–Trinajstić information content (AvgIpc) is 3.49. The summed E-state index contributed by atoms with van der Waals surface area (Å²) in [5.41, 5.74) is 1.38. The molecule has 2 aliphatic rings. The third kappa shape index (κ3) is 3.53. The van der Waals surface area contributed by atoms with Gasteiger partial charge in [0.15, 0.2) is 5.69 Å². The molecule has 0 amide bonds. The quantitative estimate of drug-likeness (QED) is 0.921. The van der Waals surface area contributed by atoms with E-state index in [1.54, 1.807) is 16.9 Å². The summed E-state index contributed by atoms with van der Waals surface area (Å²) in [5.74, 6) is 1.24. The highest BCUT2D eigenvalue weighted by Gasteiger charge is 2.28. The number of anilines is 1. The van der Waals surface area contributed by atoms with E-state index in [-0.39, 0.29) is 11.6 Å². The topological polar surface area (TPSA) is 96.5 Å². The molecular formula is C18H20N6O. The fourth-order valence-corrected chi connectivity index (χ4v) is 3.43. The van der Waals surface area contributed by atoms with E-state index in [1.165, 1.54) is 19.0 Å². The Morgan fingerprint density at radius 3 is 2.52 bits per heavy atom. The Balaban J connectivity index is 1.39. The van der Waals surface area contributed by atoms with Crippen molar-refractivity contribution in [3.63, 3.8) is 0 Å². The number of nitrogens with zero attached hydrogens (tertiary/aromatic N) is 5. The Hall–Kier alpha value is -2.75. The summed E-state index contributed by atoms with van der Waals surface area (Å²) < 4.78 is 1.70. The fourth-order valence-electron chi connectivity index (χ4n) is 3.43. The van der Waals surface area contributed by atoms with E-state index in [4.69, 9.17) is 5.26 Å². The van der Waals surface area contributed by atoms with Crippen molar-refractivity contribution >= 4 is 5.82 Å². The zero-order valence-corrected chi connectivity index (χ0v) is 13.9. The third-order valence-corrected chi connectivity index (χ3v) is 5.00. The molecule has 4 rings (SSSR count). The molecule has 0 atom stereocenters. The van der Waals surface area contributed by atoms with E-state index in [0.29, 0.717) is 23.5 Å². The third-order valence-electron chi connectivity index (χ3n) is 5.00.